The predicted octanol–water partition coefficient (Wildman–Crippen LogP) is 4.64. The number of halogens is 2. The van der Waals surface area contributed by atoms with Crippen molar-refractivity contribution in [3.63, 3.8) is 0 Å². The molecule has 0 saturated carbocycles. The van der Waals surface area contributed by atoms with Crippen LogP contribution in [0.15, 0.2) is 67.3 Å². The second kappa shape index (κ2) is 9.07. The van der Waals surface area contributed by atoms with E-state index in [1.165, 1.54) is 28.9 Å². The molecule has 0 aliphatic carbocycles. The minimum absolute atomic E-state index is 0.0834. The lowest BCUT2D eigenvalue weighted by molar-refractivity contribution is 0.601. The van der Waals surface area contributed by atoms with Crippen molar-refractivity contribution >= 4 is 17.2 Å². The molecule has 7 nitrogen and oxygen atoms in total. The monoisotopic (exact) mass is 445 g/mol. The number of pyridine rings is 2. The Morgan fingerprint density at radius 3 is 2.73 bits per heavy atom. The summed E-state index contributed by atoms with van der Waals surface area (Å²) in [5, 5.41) is 4.44. The zero-order valence-electron chi connectivity index (χ0n) is 18.1. The Labute approximate surface area is 189 Å². The van der Waals surface area contributed by atoms with Crippen molar-refractivity contribution < 1.29 is 8.78 Å². The molecular weight excluding hydrogens is 424 g/mol. The van der Waals surface area contributed by atoms with Gasteiger partial charge in [0, 0.05) is 18.1 Å². The minimum Gasteiger partial charge on any atom is -0.368 e. The van der Waals surface area contributed by atoms with Crippen molar-refractivity contribution in [2.24, 2.45) is 0 Å². The molecule has 0 unspecified atom stereocenters. The van der Waals surface area contributed by atoms with Gasteiger partial charge in [0.05, 0.1) is 23.4 Å². The number of aryl methyl sites for hydroxylation is 1. The van der Waals surface area contributed by atoms with Gasteiger partial charge in [-0.05, 0) is 61.4 Å². The summed E-state index contributed by atoms with van der Waals surface area (Å²) in [5.41, 5.74) is 10.3. The Balaban J connectivity index is 1.95. The van der Waals surface area contributed by atoms with Crippen molar-refractivity contribution in [1.82, 2.24) is 29.5 Å². The lowest BCUT2D eigenvalue weighted by Crippen LogP contribution is -2.07. The molecule has 33 heavy (non-hydrogen) atoms. The van der Waals surface area contributed by atoms with Crippen LogP contribution >= 0.6 is 0 Å². The summed E-state index contributed by atoms with van der Waals surface area (Å²) in [6, 6.07) is 6.56. The third-order valence-corrected chi connectivity index (χ3v) is 4.96. The summed E-state index contributed by atoms with van der Waals surface area (Å²) in [6.07, 6.45) is 7.28. The smallest absolute Gasteiger partial charge is 0.223 e. The lowest BCUT2D eigenvalue weighted by Gasteiger charge is -2.12. The van der Waals surface area contributed by atoms with Crippen LogP contribution in [0.4, 0.5) is 14.7 Å². The summed E-state index contributed by atoms with van der Waals surface area (Å²) in [6.45, 7) is 7.08. The van der Waals surface area contributed by atoms with Gasteiger partial charge in [-0.1, -0.05) is 12.7 Å². The first-order valence-electron chi connectivity index (χ1n) is 10.1. The normalized spacial score (nSPS) is 12.4. The molecule has 4 aromatic heterocycles. The molecular formula is C24H21F2N7. The van der Waals surface area contributed by atoms with Gasteiger partial charge < -0.3 is 5.73 Å². The topological polar surface area (TPSA) is 94.9 Å². The third-order valence-electron chi connectivity index (χ3n) is 4.96. The molecule has 0 fully saturated rings. The average molecular weight is 445 g/mol. The van der Waals surface area contributed by atoms with E-state index in [2.05, 4.69) is 31.6 Å². The molecule has 0 radical (unpaired) electrons. The standard InChI is InChI=1S/C24H21F2N7/c1-4-17(25)8-7-14(2)22-21(16-9-11-28-15(3)12-16)23-30-20(32-33(23)24(27)31-22)13-19-18(26)6-5-10-29-19/h4-12H,1,13H2,2-3H3,(H2,27,31)/b14-7+,17-8+. The number of anilines is 1. The molecule has 0 saturated heterocycles. The Kier molecular flexibility index (Phi) is 6.03. The van der Waals surface area contributed by atoms with Gasteiger partial charge >= 0.3 is 0 Å². The maximum atomic E-state index is 14.1. The molecule has 0 aromatic carbocycles. The number of nitrogens with zero attached hydrogens (tertiary/aromatic N) is 6. The molecule has 9 heteroatoms. The quantitative estimate of drug-likeness (QED) is 0.434. The van der Waals surface area contributed by atoms with E-state index in [1.807, 2.05) is 19.1 Å². The number of hydrogen-bond donors (Lipinski definition) is 1. The summed E-state index contributed by atoms with van der Waals surface area (Å²) < 4.78 is 29.2. The number of allylic oxidation sites excluding steroid dienone is 5. The highest BCUT2D eigenvalue weighted by molar-refractivity contribution is 5.88. The first-order chi connectivity index (χ1) is 15.9. The van der Waals surface area contributed by atoms with Crippen LogP contribution in [0.5, 0.6) is 0 Å². The van der Waals surface area contributed by atoms with Crippen molar-refractivity contribution in [3.05, 3.63) is 96.0 Å². The van der Waals surface area contributed by atoms with E-state index >= 15 is 0 Å². The van der Waals surface area contributed by atoms with Crippen molar-refractivity contribution in [2.45, 2.75) is 20.3 Å². The second-order valence-electron chi connectivity index (χ2n) is 7.36. The summed E-state index contributed by atoms with van der Waals surface area (Å²) in [5.74, 6) is -0.491. The molecule has 0 spiro atoms. The maximum Gasteiger partial charge on any atom is 0.223 e. The van der Waals surface area contributed by atoms with Gasteiger partial charge in [-0.2, -0.15) is 4.52 Å². The highest BCUT2D eigenvalue weighted by Crippen LogP contribution is 2.32. The molecule has 0 aliphatic rings. The van der Waals surface area contributed by atoms with E-state index in [1.54, 1.807) is 19.2 Å². The maximum absolute atomic E-state index is 14.1. The van der Waals surface area contributed by atoms with Crippen LogP contribution in [0, 0.1) is 12.7 Å². The second-order valence-corrected chi connectivity index (χ2v) is 7.36. The summed E-state index contributed by atoms with van der Waals surface area (Å²) in [4.78, 5) is 17.5. The zero-order valence-corrected chi connectivity index (χ0v) is 18.1. The van der Waals surface area contributed by atoms with Crippen LogP contribution in [0.1, 0.15) is 29.8 Å². The van der Waals surface area contributed by atoms with Crippen LogP contribution in [0.2, 0.25) is 0 Å². The fraction of sp³-hybridized carbons (Fsp3) is 0.125. The first-order valence-corrected chi connectivity index (χ1v) is 10.1. The van der Waals surface area contributed by atoms with Crippen molar-refractivity contribution in [1.29, 1.82) is 0 Å². The fourth-order valence-electron chi connectivity index (χ4n) is 3.38. The van der Waals surface area contributed by atoms with E-state index in [0.29, 0.717) is 28.3 Å². The SMILES string of the molecule is C=C/C(F)=C\C=C(/C)c1nc(N)n2nc(Cc3ncccc3F)nc2c1-c1ccnc(C)c1. The Hall–Kier alpha value is -4.27. The van der Waals surface area contributed by atoms with Gasteiger partial charge in [-0.3, -0.25) is 9.97 Å². The molecule has 4 heterocycles. The molecule has 4 aromatic rings. The van der Waals surface area contributed by atoms with E-state index in [4.69, 9.17) is 5.73 Å². The molecule has 0 amide bonds. The van der Waals surface area contributed by atoms with Crippen molar-refractivity contribution in [3.8, 4) is 11.1 Å². The van der Waals surface area contributed by atoms with Gasteiger partial charge in [0.2, 0.25) is 5.95 Å². The molecule has 0 atom stereocenters. The lowest BCUT2D eigenvalue weighted by atomic mass is 10.0. The van der Waals surface area contributed by atoms with Crippen LogP contribution in [0.25, 0.3) is 22.3 Å². The fourth-order valence-corrected chi connectivity index (χ4v) is 3.38. The predicted molar refractivity (Wildman–Crippen MR) is 123 cm³/mol. The zero-order chi connectivity index (χ0) is 23.5. The van der Waals surface area contributed by atoms with Crippen LogP contribution in [-0.4, -0.2) is 29.5 Å². The number of hydrogen-bond acceptors (Lipinski definition) is 6. The van der Waals surface area contributed by atoms with Gasteiger partial charge in [0.1, 0.15) is 11.6 Å². The van der Waals surface area contributed by atoms with E-state index in [0.717, 1.165) is 17.3 Å². The number of nitrogen functional groups attached to an aromatic ring is 1. The van der Waals surface area contributed by atoms with Crippen LogP contribution in [-0.2, 0) is 6.42 Å². The molecule has 166 valence electrons. The van der Waals surface area contributed by atoms with Gasteiger partial charge in [0.15, 0.2) is 11.5 Å². The first kappa shape index (κ1) is 21.9. The molecule has 4 rings (SSSR count). The number of fused-ring (bicyclic) bond motifs is 1. The van der Waals surface area contributed by atoms with Crippen LogP contribution in [0.3, 0.4) is 0 Å². The summed E-state index contributed by atoms with van der Waals surface area (Å²) in [7, 11) is 0. The number of rotatable bonds is 6. The average Bonchev–Trinajstić information content (AvgIpc) is 3.22. The molecule has 2 N–H and O–H groups in total. The highest BCUT2D eigenvalue weighted by atomic mass is 19.1. The summed E-state index contributed by atoms with van der Waals surface area (Å²) >= 11 is 0. The Morgan fingerprint density at radius 2 is 2.00 bits per heavy atom. The number of nitrogens with two attached hydrogens (primary N) is 1. The Morgan fingerprint density at radius 1 is 1.18 bits per heavy atom. The van der Waals surface area contributed by atoms with Gasteiger partial charge in [-0.15, -0.1) is 5.10 Å². The van der Waals surface area contributed by atoms with E-state index < -0.39 is 11.6 Å². The van der Waals surface area contributed by atoms with Crippen LogP contribution < -0.4 is 5.73 Å². The highest BCUT2D eigenvalue weighted by Gasteiger charge is 2.20. The Bertz CT molecular complexity index is 1420. The van der Waals surface area contributed by atoms with E-state index in [-0.39, 0.29) is 18.1 Å². The van der Waals surface area contributed by atoms with Gasteiger partial charge in [0.25, 0.3) is 0 Å². The molecule has 0 bridgehead atoms. The molecule has 0 aliphatic heterocycles. The van der Waals surface area contributed by atoms with Gasteiger partial charge in [-0.25, -0.2) is 18.7 Å². The van der Waals surface area contributed by atoms with E-state index in [9.17, 15) is 8.78 Å². The largest absolute Gasteiger partial charge is 0.368 e. The third kappa shape index (κ3) is 4.52. The number of aromatic nitrogens is 6. The van der Waals surface area contributed by atoms with Crippen molar-refractivity contribution in [2.75, 3.05) is 5.73 Å². The minimum atomic E-state index is -0.480.